The summed E-state index contributed by atoms with van der Waals surface area (Å²) in [6, 6.07) is 5.29. The van der Waals surface area contributed by atoms with Gasteiger partial charge in [-0.25, -0.2) is 0 Å². The fourth-order valence-electron chi connectivity index (χ4n) is 0.504. The normalized spacial score (nSPS) is 8.25. The van der Waals surface area contributed by atoms with E-state index in [0.29, 0.717) is 0 Å². The van der Waals surface area contributed by atoms with Gasteiger partial charge in [-0.2, -0.15) is 0 Å². The van der Waals surface area contributed by atoms with Crippen LogP contribution in [-0.4, -0.2) is 20.4 Å². The van der Waals surface area contributed by atoms with Crippen molar-refractivity contribution in [2.45, 2.75) is 13.8 Å². The van der Waals surface area contributed by atoms with Crippen LogP contribution in [0.5, 0.6) is 0 Å². The van der Waals surface area contributed by atoms with Crippen LogP contribution in [0.3, 0.4) is 0 Å². The quantitative estimate of drug-likeness (QED) is 0.489. The van der Waals surface area contributed by atoms with Crippen LogP contribution in [0.1, 0.15) is 7.16 Å². The summed E-state index contributed by atoms with van der Waals surface area (Å²) in [6.07, 6.45) is 0. The van der Waals surface area contributed by atoms with Crippen LogP contribution < -0.4 is 0 Å². The fraction of sp³-hybridized carbons (Fsp3) is 0.333. The number of rotatable bonds is 0. The van der Waals surface area contributed by atoms with Crippen molar-refractivity contribution < 1.29 is 35.6 Å². The maximum absolute atomic E-state index is 3.18. The molecule has 0 atom stereocenters. The van der Waals surface area contributed by atoms with Gasteiger partial charge in [-0.3, -0.25) is 0 Å². The van der Waals surface area contributed by atoms with Crippen molar-refractivity contribution in [2.24, 2.45) is 0 Å². The zero-order chi connectivity index (χ0) is 5.28. The monoisotopic (exact) mass is 348 g/mol. The van der Waals surface area contributed by atoms with Gasteiger partial charge in [0.05, 0.1) is 0 Å². The van der Waals surface area contributed by atoms with Crippen molar-refractivity contribution in [3.8, 4) is 0 Å². The summed E-state index contributed by atoms with van der Waals surface area (Å²) in [7, 11) is 0. The summed E-state index contributed by atoms with van der Waals surface area (Å²) in [4.78, 5) is 0. The molecule has 0 aliphatic carbocycles. The Bertz CT molecular complexity index is 141. The molecule has 0 N–H and O–H groups in total. The fourth-order valence-corrected chi connectivity index (χ4v) is 2.55. The van der Waals surface area contributed by atoms with E-state index in [9.17, 15) is 0 Å². The van der Waals surface area contributed by atoms with Crippen LogP contribution >= 0.6 is 0 Å². The van der Waals surface area contributed by atoms with Crippen LogP contribution in [0.2, 0.25) is 0 Å². The first-order valence-corrected chi connectivity index (χ1v) is 4.57. The minimum absolute atomic E-state index is 0. The van der Waals surface area contributed by atoms with Gasteiger partial charge in [0, 0.05) is 35.6 Å². The Morgan fingerprint density at radius 3 is 2.25 bits per heavy atom. The van der Waals surface area contributed by atoms with Gasteiger partial charge in [-0.1, -0.05) is 0 Å². The molecule has 0 unspecified atom stereocenters. The van der Waals surface area contributed by atoms with Crippen molar-refractivity contribution in [1.82, 2.24) is 0 Å². The molecule has 1 aromatic rings. The Labute approximate surface area is 87.9 Å². The van der Waals surface area contributed by atoms with E-state index in [2.05, 4.69) is 26.0 Å². The summed E-state index contributed by atoms with van der Waals surface area (Å²) in [5.41, 5.74) is 0. The second kappa shape index (κ2) is 4.31. The molecule has 41 valence electrons. The Morgan fingerprint density at radius 1 is 1.50 bits per heavy atom. The Hall–Kier alpha value is 1.46. The average molecular weight is 346 g/mol. The molecular formula is C6H7LaTe-. The van der Waals surface area contributed by atoms with E-state index in [1.54, 1.807) is 3.58 Å². The molecule has 0 nitrogen and oxygen atoms in total. The van der Waals surface area contributed by atoms with E-state index >= 15 is 0 Å². The van der Waals surface area contributed by atoms with Crippen molar-refractivity contribution in [2.75, 3.05) is 0 Å². The molecule has 1 heterocycles. The van der Waals surface area contributed by atoms with Crippen LogP contribution in [-0.2, 0) is 0 Å². The Kier molecular flexibility index (Phi) is 5.10. The van der Waals surface area contributed by atoms with E-state index in [4.69, 9.17) is 0 Å². The summed E-state index contributed by atoms with van der Waals surface area (Å²) < 4.78 is 3.05. The van der Waals surface area contributed by atoms with Crippen molar-refractivity contribution in [3.05, 3.63) is 19.3 Å². The van der Waals surface area contributed by atoms with Gasteiger partial charge in [0.2, 0.25) is 0 Å². The van der Waals surface area contributed by atoms with Gasteiger partial charge in [-0.05, 0) is 0 Å². The number of hydrogen-bond donors (Lipinski definition) is 0. The molecule has 1 radical (unpaired) electrons. The molecule has 0 aliphatic rings. The zero-order valence-corrected chi connectivity index (χ0v) is 11.0. The summed E-state index contributed by atoms with van der Waals surface area (Å²) in [5, 5.41) is 0. The Balaban J connectivity index is 0.000000490. The standard InChI is InChI=1S/C6H7Te.La/c1-5-3-4-6(2)7-5;/h3H,1-2H3;/q-1;. The van der Waals surface area contributed by atoms with Gasteiger partial charge in [0.25, 0.3) is 0 Å². The third-order valence-electron chi connectivity index (χ3n) is 0.793. The van der Waals surface area contributed by atoms with Gasteiger partial charge in [-0.15, -0.1) is 0 Å². The first-order chi connectivity index (χ1) is 3.29. The minimum Gasteiger partial charge on any atom is 0 e. The molecule has 1 aromatic heterocycles. The number of aryl methyl sites for hydroxylation is 2. The predicted octanol–water partition coefficient (Wildman–Crippen LogP) is 1.16. The molecule has 0 aliphatic heterocycles. The minimum atomic E-state index is 0. The zero-order valence-electron chi connectivity index (χ0n) is 5.06. The van der Waals surface area contributed by atoms with Crippen molar-refractivity contribution in [3.63, 3.8) is 0 Å². The Morgan fingerprint density at radius 2 is 2.12 bits per heavy atom. The van der Waals surface area contributed by atoms with E-state index < -0.39 is 0 Å². The van der Waals surface area contributed by atoms with Crippen LogP contribution in [0.25, 0.3) is 0 Å². The molecule has 0 saturated heterocycles. The van der Waals surface area contributed by atoms with E-state index in [1.807, 2.05) is 0 Å². The predicted molar refractivity (Wildman–Crippen MR) is 31.7 cm³/mol. The largest absolute Gasteiger partial charge is 0 e. The second-order valence-electron chi connectivity index (χ2n) is 1.56. The first kappa shape index (κ1) is 9.46. The summed E-state index contributed by atoms with van der Waals surface area (Å²) in [5.74, 6) is 0. The maximum Gasteiger partial charge on any atom is 0 e. The van der Waals surface area contributed by atoms with E-state index in [-0.39, 0.29) is 56.0 Å². The molecule has 0 amide bonds. The van der Waals surface area contributed by atoms with Crippen molar-refractivity contribution >= 4 is 20.4 Å². The van der Waals surface area contributed by atoms with Gasteiger partial charge in [0.1, 0.15) is 0 Å². The molecular weight excluding hydrogens is 339 g/mol. The first-order valence-electron chi connectivity index (χ1n) is 2.24. The SMILES string of the molecule is Cc1[c-]cc(C)[te]1.[La]. The molecule has 1 rings (SSSR count). The van der Waals surface area contributed by atoms with Gasteiger partial charge < -0.3 is 0 Å². The second-order valence-corrected chi connectivity index (χ2v) is 5.73. The third kappa shape index (κ3) is 2.85. The van der Waals surface area contributed by atoms with Crippen LogP contribution in [0.15, 0.2) is 6.07 Å². The average Bonchev–Trinajstić information content (AvgIpc) is 1.87. The van der Waals surface area contributed by atoms with E-state index in [1.165, 1.54) is 3.58 Å². The third-order valence-corrected chi connectivity index (χ3v) is 3.26. The summed E-state index contributed by atoms with van der Waals surface area (Å²) in [6.45, 7) is 4.35. The molecule has 0 spiro atoms. The molecule has 0 bridgehead atoms. The topological polar surface area (TPSA) is 0 Å². The molecule has 0 fully saturated rings. The van der Waals surface area contributed by atoms with Gasteiger partial charge >= 0.3 is 53.6 Å². The van der Waals surface area contributed by atoms with Crippen LogP contribution in [0, 0.1) is 55.5 Å². The molecule has 8 heavy (non-hydrogen) atoms. The smallest absolute Gasteiger partial charge is 0 e. The number of hydrogen-bond acceptors (Lipinski definition) is 0. The molecule has 0 saturated carbocycles. The van der Waals surface area contributed by atoms with E-state index in [0.717, 1.165) is 0 Å². The van der Waals surface area contributed by atoms with Crippen molar-refractivity contribution in [1.29, 1.82) is 0 Å². The molecule has 0 aromatic carbocycles. The molecule has 2 heteroatoms. The summed E-state index contributed by atoms with van der Waals surface area (Å²) >= 11 is 0.128. The maximum atomic E-state index is 3.18. The van der Waals surface area contributed by atoms with Gasteiger partial charge in [0.15, 0.2) is 0 Å². The van der Waals surface area contributed by atoms with Crippen LogP contribution in [0.4, 0.5) is 0 Å².